The third kappa shape index (κ3) is 8.59. The number of nitrogens with two attached hydrogens (primary N) is 2. The van der Waals surface area contributed by atoms with E-state index in [1.54, 1.807) is 7.05 Å². The molecule has 4 aliphatic rings. The molecule has 4 rings (SSSR count). The fraction of sp³-hybridized carbons (Fsp3) is 0.963. The predicted molar refractivity (Wildman–Crippen MR) is 150 cm³/mol. The maximum absolute atomic E-state index is 12.7. The number of carbonyl (C=O) groups is 1. The summed E-state index contributed by atoms with van der Waals surface area (Å²) in [6.45, 7) is 1.97. The molecule has 16 nitrogen and oxygen atoms in total. The molecule has 1 amide bonds. The van der Waals surface area contributed by atoms with E-state index < -0.39 is 84.4 Å². The monoisotopic (exact) mass is 621 g/mol. The second-order valence-corrected chi connectivity index (χ2v) is 12.7. The van der Waals surface area contributed by atoms with Crippen molar-refractivity contribution < 1.29 is 54.4 Å². The number of aliphatic hydroxyl groups is 6. The van der Waals surface area contributed by atoms with Gasteiger partial charge in [0, 0.05) is 19.6 Å². The van der Waals surface area contributed by atoms with Gasteiger partial charge in [0.1, 0.15) is 30.0 Å². The third-order valence-electron chi connectivity index (χ3n) is 8.97. The molecule has 13 N–H and O–H groups in total. The molecule has 0 radical (unpaired) electrons. The van der Waals surface area contributed by atoms with E-state index in [-0.39, 0.29) is 32.1 Å². The van der Waals surface area contributed by atoms with Gasteiger partial charge in [0.05, 0.1) is 42.5 Å². The van der Waals surface area contributed by atoms with E-state index in [0.29, 0.717) is 25.9 Å². The lowest BCUT2D eigenvalue weighted by atomic mass is 9.86. The topological polar surface area (TPSA) is 264 Å². The van der Waals surface area contributed by atoms with Gasteiger partial charge < -0.3 is 77.0 Å². The Kier molecular flexibility index (Phi) is 11.8. The summed E-state index contributed by atoms with van der Waals surface area (Å²) in [5.41, 5.74) is 9.65. The maximum atomic E-state index is 12.7. The zero-order valence-corrected chi connectivity index (χ0v) is 24.9. The molecular weight excluding hydrogens is 570 g/mol. The van der Waals surface area contributed by atoms with Crippen LogP contribution in [0.4, 0.5) is 0 Å². The lowest BCUT2D eigenvalue weighted by Gasteiger charge is -2.48. The number of aliphatic hydroxyl groups excluding tert-OH is 4. The van der Waals surface area contributed by atoms with Gasteiger partial charge in [-0.3, -0.25) is 4.79 Å². The van der Waals surface area contributed by atoms with Crippen LogP contribution in [0.2, 0.25) is 0 Å². The van der Waals surface area contributed by atoms with Crippen molar-refractivity contribution >= 4 is 5.91 Å². The van der Waals surface area contributed by atoms with Crippen molar-refractivity contribution in [2.45, 2.75) is 130 Å². The molecule has 2 aliphatic heterocycles. The summed E-state index contributed by atoms with van der Waals surface area (Å²) >= 11 is 0. The molecule has 2 aliphatic carbocycles. The number of hydrogen-bond acceptors (Lipinski definition) is 15. The zero-order chi connectivity index (χ0) is 31.5. The molecule has 0 spiro atoms. The van der Waals surface area contributed by atoms with Crippen LogP contribution in [0.25, 0.3) is 0 Å². The second kappa shape index (κ2) is 14.6. The predicted octanol–water partition coefficient (Wildman–Crippen LogP) is -4.92. The average molecular weight is 622 g/mol. The summed E-state index contributed by atoms with van der Waals surface area (Å²) in [5.74, 6) is -0.909. The highest BCUT2D eigenvalue weighted by Crippen LogP contribution is 2.34. The first kappa shape index (κ1) is 34.8. The van der Waals surface area contributed by atoms with Crippen LogP contribution in [0.5, 0.6) is 0 Å². The molecule has 0 aromatic rings. The minimum Gasteiger partial charge on any atom is -0.389 e. The lowest BCUT2D eigenvalue weighted by molar-refractivity contribution is -0.306. The van der Waals surface area contributed by atoms with E-state index in [4.69, 9.17) is 30.4 Å². The largest absolute Gasteiger partial charge is 0.389 e. The summed E-state index contributed by atoms with van der Waals surface area (Å²) in [7, 11) is 1.57. The van der Waals surface area contributed by atoms with Crippen LogP contribution in [-0.2, 0) is 23.7 Å². The lowest BCUT2D eigenvalue weighted by Crippen LogP contribution is -2.67. The highest BCUT2D eigenvalue weighted by atomic mass is 16.7. The molecule has 13 atom stereocenters. The Morgan fingerprint density at radius 3 is 2.44 bits per heavy atom. The van der Waals surface area contributed by atoms with Crippen LogP contribution >= 0.6 is 0 Å². The number of hydrogen-bond donors (Lipinski definition) is 11. The summed E-state index contributed by atoms with van der Waals surface area (Å²) < 4.78 is 24.0. The molecule has 0 bridgehead atoms. The molecule has 250 valence electrons. The Morgan fingerprint density at radius 1 is 1.07 bits per heavy atom. The number of rotatable bonds is 13. The minimum absolute atomic E-state index is 0.182. The highest BCUT2D eigenvalue weighted by molar-refractivity contribution is 5.81. The van der Waals surface area contributed by atoms with Crippen LogP contribution in [0.3, 0.4) is 0 Å². The molecule has 43 heavy (non-hydrogen) atoms. The molecule has 16 heteroatoms. The van der Waals surface area contributed by atoms with E-state index in [1.807, 2.05) is 0 Å². The molecular formula is C27H51N5O11. The number of carbonyl (C=O) groups excluding carboxylic acids is 1. The van der Waals surface area contributed by atoms with Crippen molar-refractivity contribution in [3.8, 4) is 0 Å². The van der Waals surface area contributed by atoms with Crippen molar-refractivity contribution in [1.29, 1.82) is 0 Å². The Balaban J connectivity index is 1.44. The fourth-order valence-corrected chi connectivity index (χ4v) is 6.01. The Morgan fingerprint density at radius 2 is 1.79 bits per heavy atom. The molecule has 0 aromatic heterocycles. The van der Waals surface area contributed by atoms with Crippen molar-refractivity contribution in [3.05, 3.63) is 0 Å². The van der Waals surface area contributed by atoms with Gasteiger partial charge >= 0.3 is 0 Å². The van der Waals surface area contributed by atoms with Crippen molar-refractivity contribution in [3.63, 3.8) is 0 Å². The first-order valence-electron chi connectivity index (χ1n) is 15.2. The molecule has 6 unspecified atom stereocenters. The van der Waals surface area contributed by atoms with Gasteiger partial charge in [-0.05, 0) is 52.5 Å². The first-order valence-corrected chi connectivity index (χ1v) is 15.2. The molecule has 2 saturated heterocycles. The van der Waals surface area contributed by atoms with E-state index in [1.165, 1.54) is 6.92 Å². The van der Waals surface area contributed by atoms with Gasteiger partial charge in [0.25, 0.3) is 5.91 Å². The van der Waals surface area contributed by atoms with E-state index in [2.05, 4.69) is 16.0 Å². The average Bonchev–Trinajstić information content (AvgIpc) is 3.70. The molecule has 4 fully saturated rings. The van der Waals surface area contributed by atoms with Crippen molar-refractivity contribution in [2.75, 3.05) is 33.3 Å². The van der Waals surface area contributed by atoms with Crippen molar-refractivity contribution in [1.82, 2.24) is 16.0 Å². The number of ether oxygens (including phenoxy) is 4. The fourth-order valence-electron chi connectivity index (χ4n) is 6.01. The van der Waals surface area contributed by atoms with Gasteiger partial charge in [-0.15, -0.1) is 0 Å². The van der Waals surface area contributed by atoms with Crippen molar-refractivity contribution in [2.24, 2.45) is 11.5 Å². The maximum Gasteiger partial charge on any atom is 0.251 e. The summed E-state index contributed by atoms with van der Waals surface area (Å²) in [5, 5.41) is 71.8. The molecule has 2 heterocycles. The van der Waals surface area contributed by atoms with Gasteiger partial charge in [0.2, 0.25) is 0 Å². The van der Waals surface area contributed by atoms with Gasteiger partial charge in [-0.2, -0.15) is 0 Å². The second-order valence-electron chi connectivity index (χ2n) is 12.7. The van der Waals surface area contributed by atoms with E-state index in [0.717, 1.165) is 12.8 Å². The van der Waals surface area contributed by atoms with E-state index >= 15 is 0 Å². The highest BCUT2D eigenvalue weighted by Gasteiger charge is 2.50. The number of amides is 1. The van der Waals surface area contributed by atoms with Crippen LogP contribution < -0.4 is 27.4 Å². The normalized spacial score (nSPS) is 42.7. The Labute approximate surface area is 251 Å². The molecule has 2 saturated carbocycles. The minimum atomic E-state index is -1.81. The smallest absolute Gasteiger partial charge is 0.251 e. The van der Waals surface area contributed by atoms with E-state index in [9.17, 15) is 35.4 Å². The van der Waals surface area contributed by atoms with Crippen LogP contribution in [0.1, 0.15) is 45.4 Å². The van der Waals surface area contributed by atoms with Crippen LogP contribution in [0, 0.1) is 0 Å². The summed E-state index contributed by atoms with van der Waals surface area (Å²) in [4.78, 5) is 12.7. The van der Waals surface area contributed by atoms with Crippen LogP contribution in [-0.4, -0.2) is 154 Å². The first-order chi connectivity index (χ1) is 20.3. The number of likely N-dealkylation sites (N-methyl/N-ethyl adjacent to an activating group) is 1. The Hall–Kier alpha value is -1.09. The number of nitrogens with one attached hydrogen (secondary N) is 3. The standard InChI is InChI=1S/C27H51N5O11/c1-26(38)12-40-25(20(36)22(26)30-2)43-21-15(32-23(37)18(34)16(33)9-28)5-6-17(19(21)35)42-24-14(29)4-3-13(41-24)10-31-11-27(39)7-8-27/h13-22,24-25,30-31,33-36,38-39H,3-12,28-29H2,1-2H3,(H,32,37)/t13-,14?,15+,16-,17?,18-,19?,20?,21?,22+,24+,25+,26?/m0/s1. The quantitative estimate of drug-likeness (QED) is 0.0920. The van der Waals surface area contributed by atoms with Crippen LogP contribution in [0.15, 0.2) is 0 Å². The summed E-state index contributed by atoms with van der Waals surface area (Å²) in [6.07, 6.45) is -7.02. The van der Waals surface area contributed by atoms with Gasteiger partial charge in [0.15, 0.2) is 18.7 Å². The Bertz CT molecular complexity index is 915. The van der Waals surface area contributed by atoms with Gasteiger partial charge in [-0.25, -0.2) is 0 Å². The van der Waals surface area contributed by atoms with Gasteiger partial charge in [-0.1, -0.05) is 0 Å². The zero-order valence-electron chi connectivity index (χ0n) is 24.9. The third-order valence-corrected chi connectivity index (χ3v) is 8.97. The summed E-state index contributed by atoms with van der Waals surface area (Å²) in [6, 6.07) is -2.16. The molecule has 0 aromatic carbocycles. The SMILES string of the molecule is CN[C@@H]1C(O)[C@@H](OC2C(O)C(O[C@H]3O[C@H](CNCC4(O)CC4)CCC3N)CC[C@H]2NC(=O)[C@@H](O)[C@@H](O)CN)OCC1(C)O.